The van der Waals surface area contributed by atoms with Crippen molar-refractivity contribution in [1.82, 2.24) is 10.2 Å². The van der Waals surface area contributed by atoms with E-state index in [2.05, 4.69) is 19.2 Å². The Balaban J connectivity index is 2.12. The fraction of sp³-hybridized carbons (Fsp3) is 0.900. The number of hydrogen-bond acceptors (Lipinski definition) is 3. The van der Waals surface area contributed by atoms with Gasteiger partial charge in [0.1, 0.15) is 0 Å². The SMILES string of the molecule is CC1NCN(C2CCOC2(C)C)C1=O. The highest BCUT2D eigenvalue weighted by molar-refractivity contribution is 5.83. The largest absolute Gasteiger partial charge is 0.373 e. The van der Waals surface area contributed by atoms with E-state index in [1.165, 1.54) is 0 Å². The Bertz CT molecular complexity index is 253. The number of amides is 1. The first kappa shape index (κ1) is 9.93. The lowest BCUT2D eigenvalue weighted by molar-refractivity contribution is -0.133. The lowest BCUT2D eigenvalue weighted by atomic mass is 9.97. The number of nitrogens with zero attached hydrogens (tertiary/aromatic N) is 1. The highest BCUT2D eigenvalue weighted by atomic mass is 16.5. The van der Waals surface area contributed by atoms with E-state index in [9.17, 15) is 4.79 Å². The predicted octanol–water partition coefficient (Wildman–Crippen LogP) is 0.332. The van der Waals surface area contributed by atoms with Gasteiger partial charge in [0.2, 0.25) is 5.91 Å². The van der Waals surface area contributed by atoms with Crippen molar-refractivity contribution in [3.05, 3.63) is 0 Å². The van der Waals surface area contributed by atoms with Gasteiger partial charge in [0, 0.05) is 6.61 Å². The third-order valence-corrected chi connectivity index (χ3v) is 3.27. The van der Waals surface area contributed by atoms with Crippen molar-refractivity contribution in [2.75, 3.05) is 13.3 Å². The summed E-state index contributed by atoms with van der Waals surface area (Å²) in [4.78, 5) is 13.7. The van der Waals surface area contributed by atoms with Gasteiger partial charge in [-0.1, -0.05) is 0 Å². The number of carbonyl (C=O) groups is 1. The molecule has 4 nitrogen and oxygen atoms in total. The topological polar surface area (TPSA) is 41.6 Å². The van der Waals surface area contributed by atoms with E-state index >= 15 is 0 Å². The molecule has 2 fully saturated rings. The van der Waals surface area contributed by atoms with Gasteiger partial charge in [-0.25, -0.2) is 0 Å². The van der Waals surface area contributed by atoms with Crippen LogP contribution in [0.3, 0.4) is 0 Å². The first-order valence-corrected chi connectivity index (χ1v) is 5.20. The van der Waals surface area contributed by atoms with E-state index in [-0.39, 0.29) is 23.6 Å². The van der Waals surface area contributed by atoms with Crippen LogP contribution in [-0.4, -0.2) is 41.8 Å². The molecule has 0 aliphatic carbocycles. The van der Waals surface area contributed by atoms with Gasteiger partial charge < -0.3 is 9.64 Å². The Kier molecular flexibility index (Phi) is 2.27. The molecule has 2 rings (SSSR count). The minimum Gasteiger partial charge on any atom is -0.373 e. The van der Waals surface area contributed by atoms with E-state index in [1.807, 2.05) is 11.8 Å². The zero-order valence-corrected chi connectivity index (χ0v) is 9.04. The van der Waals surface area contributed by atoms with Crippen molar-refractivity contribution in [3.8, 4) is 0 Å². The summed E-state index contributed by atoms with van der Waals surface area (Å²) < 4.78 is 5.63. The molecule has 0 spiro atoms. The van der Waals surface area contributed by atoms with Crippen LogP contribution >= 0.6 is 0 Å². The van der Waals surface area contributed by atoms with E-state index < -0.39 is 0 Å². The molecule has 2 heterocycles. The number of carbonyl (C=O) groups excluding carboxylic acids is 1. The van der Waals surface area contributed by atoms with E-state index in [0.717, 1.165) is 13.0 Å². The summed E-state index contributed by atoms with van der Waals surface area (Å²) in [5, 5.41) is 3.15. The molecule has 0 aromatic carbocycles. The molecule has 1 N–H and O–H groups in total. The van der Waals surface area contributed by atoms with Gasteiger partial charge in [-0.2, -0.15) is 0 Å². The molecule has 0 aromatic heterocycles. The van der Waals surface area contributed by atoms with Crippen LogP contribution in [-0.2, 0) is 9.53 Å². The van der Waals surface area contributed by atoms with Gasteiger partial charge in [-0.05, 0) is 27.2 Å². The van der Waals surface area contributed by atoms with Gasteiger partial charge in [0.25, 0.3) is 0 Å². The summed E-state index contributed by atoms with van der Waals surface area (Å²) in [5.74, 6) is 0.202. The lowest BCUT2D eigenvalue weighted by Gasteiger charge is -2.33. The Labute approximate surface area is 84.6 Å². The molecule has 2 atom stereocenters. The zero-order chi connectivity index (χ0) is 10.3. The molecule has 2 unspecified atom stereocenters. The van der Waals surface area contributed by atoms with Crippen molar-refractivity contribution >= 4 is 5.91 Å². The van der Waals surface area contributed by atoms with Crippen LogP contribution in [0.25, 0.3) is 0 Å². The predicted molar refractivity (Wildman–Crippen MR) is 52.7 cm³/mol. The number of nitrogens with one attached hydrogen (secondary N) is 1. The molecule has 0 aromatic rings. The average Bonchev–Trinajstić information content (AvgIpc) is 2.59. The fourth-order valence-corrected chi connectivity index (χ4v) is 2.32. The lowest BCUT2D eigenvalue weighted by Crippen LogP contribution is -2.48. The molecular formula is C10H18N2O2. The second-order valence-electron chi connectivity index (χ2n) is 4.65. The maximum atomic E-state index is 11.8. The Morgan fingerprint density at radius 1 is 1.57 bits per heavy atom. The second kappa shape index (κ2) is 3.21. The zero-order valence-electron chi connectivity index (χ0n) is 9.04. The number of rotatable bonds is 1. The Morgan fingerprint density at radius 2 is 2.29 bits per heavy atom. The first-order valence-electron chi connectivity index (χ1n) is 5.20. The number of hydrogen-bond donors (Lipinski definition) is 1. The van der Waals surface area contributed by atoms with Gasteiger partial charge in [0.05, 0.1) is 24.4 Å². The van der Waals surface area contributed by atoms with E-state index in [0.29, 0.717) is 6.67 Å². The third kappa shape index (κ3) is 1.42. The maximum Gasteiger partial charge on any atom is 0.240 e. The van der Waals surface area contributed by atoms with Crippen LogP contribution in [0.5, 0.6) is 0 Å². The van der Waals surface area contributed by atoms with Crippen LogP contribution < -0.4 is 5.32 Å². The average molecular weight is 198 g/mol. The molecular weight excluding hydrogens is 180 g/mol. The van der Waals surface area contributed by atoms with Gasteiger partial charge >= 0.3 is 0 Å². The fourth-order valence-electron chi connectivity index (χ4n) is 2.32. The monoisotopic (exact) mass is 198 g/mol. The van der Waals surface area contributed by atoms with Crippen molar-refractivity contribution in [2.45, 2.75) is 44.9 Å². The van der Waals surface area contributed by atoms with Crippen molar-refractivity contribution < 1.29 is 9.53 Å². The van der Waals surface area contributed by atoms with Crippen LogP contribution in [0.2, 0.25) is 0 Å². The van der Waals surface area contributed by atoms with Gasteiger partial charge in [0.15, 0.2) is 0 Å². The molecule has 80 valence electrons. The third-order valence-electron chi connectivity index (χ3n) is 3.27. The van der Waals surface area contributed by atoms with Crippen LogP contribution in [0, 0.1) is 0 Å². The van der Waals surface area contributed by atoms with E-state index in [1.54, 1.807) is 0 Å². The summed E-state index contributed by atoms with van der Waals surface area (Å²) >= 11 is 0. The molecule has 2 aliphatic rings. The van der Waals surface area contributed by atoms with Crippen molar-refractivity contribution in [1.29, 1.82) is 0 Å². The Morgan fingerprint density at radius 3 is 2.71 bits per heavy atom. The first-order chi connectivity index (χ1) is 6.52. The molecule has 0 bridgehead atoms. The van der Waals surface area contributed by atoms with Crippen LogP contribution in [0.4, 0.5) is 0 Å². The summed E-state index contributed by atoms with van der Waals surface area (Å²) in [6.07, 6.45) is 0.952. The summed E-state index contributed by atoms with van der Waals surface area (Å²) in [6, 6.07) is 0.193. The molecule has 2 saturated heterocycles. The highest BCUT2D eigenvalue weighted by Crippen LogP contribution is 2.30. The number of ether oxygens (including phenoxy) is 1. The summed E-state index contributed by atoms with van der Waals surface area (Å²) in [6.45, 7) is 7.44. The van der Waals surface area contributed by atoms with E-state index in [4.69, 9.17) is 4.74 Å². The molecule has 2 aliphatic heterocycles. The normalized spacial score (nSPS) is 36.8. The highest BCUT2D eigenvalue weighted by Gasteiger charge is 2.44. The quantitative estimate of drug-likeness (QED) is 0.660. The molecule has 1 amide bonds. The maximum absolute atomic E-state index is 11.8. The molecule has 4 heteroatoms. The molecule has 0 saturated carbocycles. The summed E-state index contributed by atoms with van der Waals surface area (Å²) in [5.41, 5.74) is -0.193. The minimum absolute atomic E-state index is 0.0357. The van der Waals surface area contributed by atoms with Crippen molar-refractivity contribution in [2.24, 2.45) is 0 Å². The second-order valence-corrected chi connectivity index (χ2v) is 4.65. The summed E-state index contributed by atoms with van der Waals surface area (Å²) in [7, 11) is 0. The van der Waals surface area contributed by atoms with Gasteiger partial charge in [-0.15, -0.1) is 0 Å². The standard InChI is InChI=1S/C10H18N2O2/c1-7-9(13)12(6-11-7)8-4-5-14-10(8,2)3/h7-8,11H,4-6H2,1-3H3. The molecule has 0 radical (unpaired) electrons. The van der Waals surface area contributed by atoms with Gasteiger partial charge in [-0.3, -0.25) is 10.1 Å². The minimum atomic E-state index is -0.193. The van der Waals surface area contributed by atoms with Crippen LogP contribution in [0.1, 0.15) is 27.2 Å². The molecule has 14 heavy (non-hydrogen) atoms. The van der Waals surface area contributed by atoms with Crippen LogP contribution in [0.15, 0.2) is 0 Å². The Hall–Kier alpha value is -0.610. The van der Waals surface area contributed by atoms with Crippen molar-refractivity contribution in [3.63, 3.8) is 0 Å². The smallest absolute Gasteiger partial charge is 0.240 e.